The van der Waals surface area contributed by atoms with E-state index >= 15 is 0 Å². The average Bonchev–Trinajstić information content (AvgIpc) is 2.44. The Hall–Kier alpha value is -1.88. The molecule has 1 aromatic carbocycles. The van der Waals surface area contributed by atoms with Gasteiger partial charge in [-0.2, -0.15) is 0 Å². The molecule has 1 aromatic rings. The summed E-state index contributed by atoms with van der Waals surface area (Å²) < 4.78 is 18.3. The van der Waals surface area contributed by atoms with Crippen molar-refractivity contribution in [1.29, 1.82) is 0 Å². The Morgan fingerprint density at radius 1 is 1.48 bits per heavy atom. The number of aliphatic hydroxyl groups is 1. The van der Waals surface area contributed by atoms with E-state index in [4.69, 9.17) is 4.74 Å². The Balaban J connectivity index is 2.63. The Labute approximate surface area is 124 Å². The van der Waals surface area contributed by atoms with Gasteiger partial charge in [0.05, 0.1) is 19.8 Å². The molecule has 0 bridgehead atoms. The molecular weight excluding hydrogens is 273 g/mol. The zero-order chi connectivity index (χ0) is 15.8. The number of nitrogens with one attached hydrogen (secondary N) is 1. The Morgan fingerprint density at radius 2 is 2.19 bits per heavy atom. The molecule has 0 aromatic heterocycles. The van der Waals surface area contributed by atoms with Crippen LogP contribution in [-0.2, 0) is 4.79 Å². The zero-order valence-electron chi connectivity index (χ0n) is 12.6. The van der Waals surface area contributed by atoms with Crippen molar-refractivity contribution in [2.75, 3.05) is 13.7 Å². The van der Waals surface area contributed by atoms with Gasteiger partial charge in [-0.05, 0) is 36.1 Å². The largest absolute Gasteiger partial charge is 0.494 e. The van der Waals surface area contributed by atoms with E-state index < -0.39 is 5.82 Å². The minimum absolute atomic E-state index is 0.102. The molecule has 116 valence electrons. The fourth-order valence-electron chi connectivity index (χ4n) is 1.96. The van der Waals surface area contributed by atoms with Gasteiger partial charge >= 0.3 is 0 Å². The number of carbonyl (C=O) groups is 1. The summed E-state index contributed by atoms with van der Waals surface area (Å²) in [5.41, 5.74) is 0.563. The quantitative estimate of drug-likeness (QED) is 0.759. The third-order valence-corrected chi connectivity index (χ3v) is 2.93. The highest BCUT2D eigenvalue weighted by molar-refractivity contribution is 5.91. The molecule has 0 radical (unpaired) electrons. The van der Waals surface area contributed by atoms with Crippen molar-refractivity contribution in [2.24, 2.45) is 5.92 Å². The van der Waals surface area contributed by atoms with Crippen molar-refractivity contribution < 1.29 is 19.0 Å². The van der Waals surface area contributed by atoms with Crippen molar-refractivity contribution in [1.82, 2.24) is 5.32 Å². The number of halogens is 1. The number of benzene rings is 1. The number of carbonyl (C=O) groups excluding carboxylic acids is 1. The first kappa shape index (κ1) is 17.2. The van der Waals surface area contributed by atoms with Crippen LogP contribution in [0.3, 0.4) is 0 Å². The van der Waals surface area contributed by atoms with Crippen LogP contribution >= 0.6 is 0 Å². The lowest BCUT2D eigenvalue weighted by atomic mass is 10.0. The Morgan fingerprint density at radius 3 is 2.71 bits per heavy atom. The van der Waals surface area contributed by atoms with Crippen molar-refractivity contribution in [2.45, 2.75) is 26.3 Å². The minimum atomic E-state index is -0.479. The summed E-state index contributed by atoms with van der Waals surface area (Å²) in [4.78, 5) is 11.7. The average molecular weight is 295 g/mol. The van der Waals surface area contributed by atoms with Crippen molar-refractivity contribution >= 4 is 12.0 Å². The van der Waals surface area contributed by atoms with E-state index in [1.165, 1.54) is 31.4 Å². The summed E-state index contributed by atoms with van der Waals surface area (Å²) >= 11 is 0. The highest BCUT2D eigenvalue weighted by atomic mass is 19.1. The monoisotopic (exact) mass is 295 g/mol. The van der Waals surface area contributed by atoms with Gasteiger partial charge in [0, 0.05) is 6.08 Å². The smallest absolute Gasteiger partial charge is 0.244 e. The molecule has 0 aliphatic rings. The third-order valence-electron chi connectivity index (χ3n) is 2.93. The zero-order valence-corrected chi connectivity index (χ0v) is 12.6. The lowest BCUT2D eigenvalue weighted by Gasteiger charge is -2.17. The van der Waals surface area contributed by atoms with Gasteiger partial charge in [0.1, 0.15) is 0 Å². The summed E-state index contributed by atoms with van der Waals surface area (Å²) in [6.45, 7) is 3.94. The molecule has 0 aliphatic heterocycles. The molecule has 0 aliphatic carbocycles. The maximum absolute atomic E-state index is 13.5. The highest BCUT2D eigenvalue weighted by Crippen LogP contribution is 2.18. The second-order valence-electron chi connectivity index (χ2n) is 5.24. The van der Waals surface area contributed by atoms with Gasteiger partial charge in [-0.25, -0.2) is 4.39 Å². The minimum Gasteiger partial charge on any atom is -0.494 e. The van der Waals surface area contributed by atoms with E-state index in [1.807, 2.05) is 13.8 Å². The highest BCUT2D eigenvalue weighted by Gasteiger charge is 2.11. The van der Waals surface area contributed by atoms with E-state index in [-0.39, 0.29) is 24.3 Å². The van der Waals surface area contributed by atoms with Gasteiger partial charge < -0.3 is 15.2 Å². The van der Waals surface area contributed by atoms with Gasteiger partial charge in [-0.1, -0.05) is 19.9 Å². The van der Waals surface area contributed by atoms with Gasteiger partial charge in [0.15, 0.2) is 11.6 Å². The van der Waals surface area contributed by atoms with Gasteiger partial charge in [-0.15, -0.1) is 0 Å². The van der Waals surface area contributed by atoms with Gasteiger partial charge in [0.25, 0.3) is 0 Å². The van der Waals surface area contributed by atoms with Crippen LogP contribution in [0.25, 0.3) is 6.08 Å². The lowest BCUT2D eigenvalue weighted by Crippen LogP contribution is -2.37. The number of ether oxygens (including phenoxy) is 1. The summed E-state index contributed by atoms with van der Waals surface area (Å²) in [6, 6.07) is 4.18. The molecule has 5 heteroatoms. The van der Waals surface area contributed by atoms with Gasteiger partial charge in [-0.3, -0.25) is 4.79 Å². The fraction of sp³-hybridized carbons (Fsp3) is 0.438. The second kappa shape index (κ2) is 8.42. The van der Waals surface area contributed by atoms with Crippen molar-refractivity contribution in [3.05, 3.63) is 35.7 Å². The standard InChI is InChI=1S/C16H22FNO3/c1-11(2)8-13(10-19)18-16(20)7-5-12-4-6-15(21-3)14(17)9-12/h4-7,9,11,13,19H,8,10H2,1-3H3,(H,18,20)/b7-5+. The molecule has 2 N–H and O–H groups in total. The maximum Gasteiger partial charge on any atom is 0.244 e. The third kappa shape index (κ3) is 5.95. The Kier molecular flexibility index (Phi) is 6.88. The van der Waals surface area contributed by atoms with E-state index in [1.54, 1.807) is 6.07 Å². The molecule has 0 heterocycles. The summed E-state index contributed by atoms with van der Waals surface area (Å²) in [6.07, 6.45) is 3.54. The predicted molar refractivity (Wildman–Crippen MR) is 80.5 cm³/mol. The normalized spacial score (nSPS) is 12.7. The number of hydrogen-bond donors (Lipinski definition) is 2. The van der Waals surface area contributed by atoms with Crippen molar-refractivity contribution in [3.8, 4) is 5.75 Å². The molecule has 0 fully saturated rings. The molecule has 1 atom stereocenters. The number of amides is 1. The fourth-order valence-corrected chi connectivity index (χ4v) is 1.96. The molecule has 21 heavy (non-hydrogen) atoms. The van der Waals surface area contributed by atoms with E-state index in [2.05, 4.69) is 5.32 Å². The maximum atomic E-state index is 13.5. The van der Waals surface area contributed by atoms with Crippen LogP contribution in [0.2, 0.25) is 0 Å². The first-order valence-electron chi connectivity index (χ1n) is 6.89. The Bertz CT molecular complexity index is 500. The first-order chi connectivity index (χ1) is 9.96. The summed E-state index contributed by atoms with van der Waals surface area (Å²) in [5, 5.41) is 11.9. The first-order valence-corrected chi connectivity index (χ1v) is 6.89. The predicted octanol–water partition coefficient (Wildman–Crippen LogP) is 2.37. The number of methoxy groups -OCH3 is 1. The topological polar surface area (TPSA) is 58.6 Å². The van der Waals surface area contributed by atoms with Crippen LogP contribution < -0.4 is 10.1 Å². The van der Waals surface area contributed by atoms with Crippen LogP contribution in [0, 0.1) is 11.7 Å². The second-order valence-corrected chi connectivity index (χ2v) is 5.24. The number of rotatable bonds is 7. The molecule has 0 spiro atoms. The summed E-state index contributed by atoms with van der Waals surface area (Å²) in [5.74, 6) is -0.255. The van der Waals surface area contributed by atoms with E-state index in [0.29, 0.717) is 17.9 Å². The van der Waals surface area contributed by atoms with E-state index in [9.17, 15) is 14.3 Å². The van der Waals surface area contributed by atoms with Crippen LogP contribution in [0.5, 0.6) is 5.75 Å². The van der Waals surface area contributed by atoms with Crippen LogP contribution in [0.1, 0.15) is 25.8 Å². The molecule has 0 saturated heterocycles. The van der Waals surface area contributed by atoms with Crippen LogP contribution in [-0.4, -0.2) is 30.8 Å². The molecule has 4 nitrogen and oxygen atoms in total. The summed E-state index contributed by atoms with van der Waals surface area (Å²) in [7, 11) is 1.39. The number of hydrogen-bond acceptors (Lipinski definition) is 3. The molecule has 1 rings (SSSR count). The van der Waals surface area contributed by atoms with Gasteiger partial charge in [0.2, 0.25) is 5.91 Å². The van der Waals surface area contributed by atoms with Crippen LogP contribution in [0.15, 0.2) is 24.3 Å². The van der Waals surface area contributed by atoms with E-state index in [0.717, 1.165) is 0 Å². The molecule has 0 saturated carbocycles. The molecular formula is C16H22FNO3. The lowest BCUT2D eigenvalue weighted by molar-refractivity contribution is -0.117. The molecule has 1 unspecified atom stereocenters. The number of aliphatic hydroxyl groups excluding tert-OH is 1. The van der Waals surface area contributed by atoms with Crippen molar-refractivity contribution in [3.63, 3.8) is 0 Å². The SMILES string of the molecule is COc1ccc(/C=C/C(=O)NC(CO)CC(C)C)cc1F. The van der Waals surface area contributed by atoms with Crippen LogP contribution in [0.4, 0.5) is 4.39 Å². The molecule has 1 amide bonds.